The van der Waals surface area contributed by atoms with Gasteiger partial charge in [-0.15, -0.1) is 0 Å². The van der Waals surface area contributed by atoms with E-state index >= 15 is 0 Å². The fourth-order valence-corrected chi connectivity index (χ4v) is 11.3. The molecule has 0 spiro atoms. The molecule has 0 radical (unpaired) electrons. The molecule has 8 rings (SSSR count). The minimum atomic E-state index is -5.17. The number of rotatable bonds is 16. The van der Waals surface area contributed by atoms with Crippen LogP contribution in [0.3, 0.4) is 0 Å². The monoisotopic (exact) mass is 1060 g/mol. The van der Waals surface area contributed by atoms with Gasteiger partial charge >= 0.3 is 0 Å². The van der Waals surface area contributed by atoms with Crippen molar-refractivity contribution in [3.63, 3.8) is 0 Å². The summed E-state index contributed by atoms with van der Waals surface area (Å²) in [4.78, 5) is 19.7. The number of halogens is 2. The molecule has 0 unspecified atom stereocenters. The molecular weight excluding hydrogens is 996 g/mol. The Balaban J connectivity index is 0.000000201. The highest BCUT2D eigenvalue weighted by Gasteiger charge is 2.34. The molecule has 0 saturated heterocycles. The molecule has 2 fully saturated rings. The third-order valence-corrected chi connectivity index (χ3v) is 15.8. The highest BCUT2D eigenvalue weighted by molar-refractivity contribution is 9.10. The molecule has 17 heteroatoms. The average Bonchev–Trinajstić information content (AvgIpc) is 4.17. The minimum Gasteiger partial charge on any atom is -0.759 e. The smallest absolute Gasteiger partial charge is 0.158 e. The molecule has 0 aromatic carbocycles. The van der Waals surface area contributed by atoms with Crippen LogP contribution in [-0.4, -0.2) is 105 Å². The summed E-state index contributed by atoms with van der Waals surface area (Å²) in [6.07, 6.45) is 22.0. The number of aryl methyl sites for hydroxylation is 2. The van der Waals surface area contributed by atoms with Crippen LogP contribution in [-0.2, 0) is 36.6 Å². The van der Waals surface area contributed by atoms with Crippen molar-refractivity contribution in [3.8, 4) is 22.3 Å². The third-order valence-electron chi connectivity index (χ3n) is 14.9. The summed E-state index contributed by atoms with van der Waals surface area (Å²) in [6, 6.07) is 4.40. The van der Waals surface area contributed by atoms with Crippen LogP contribution >= 0.6 is 31.9 Å². The summed E-state index contributed by atoms with van der Waals surface area (Å²) < 4.78 is 42.3. The summed E-state index contributed by atoms with van der Waals surface area (Å²) in [6.45, 7) is 28.7. The summed E-state index contributed by atoms with van der Waals surface area (Å²) in [5, 5.41) is 11.7. The SMILES string of the molecule is CCn1ncc2c(-c3cncc(Br)c3)c(C[N+](CC)(CC)CC)c(C3CCCC3)nc21.CCn1ncc2c(-c3cncc(Br)c3)c(C[N+](CC)(CC)CC)c(C3CCCC3)nc21.O=S(=O)([O-])[O-]. The molecule has 6 aromatic heterocycles. The molecule has 2 aliphatic rings. The average molecular weight is 1070 g/mol. The maximum absolute atomic E-state index is 8.52. The maximum Gasteiger partial charge on any atom is 0.158 e. The Kier molecular flexibility index (Phi) is 18.3. The lowest BCUT2D eigenvalue weighted by Crippen LogP contribution is -2.47. The first-order chi connectivity index (χ1) is 32.1. The lowest BCUT2D eigenvalue weighted by molar-refractivity contribution is -0.936. The van der Waals surface area contributed by atoms with Crippen molar-refractivity contribution in [2.75, 3.05) is 39.3 Å². The van der Waals surface area contributed by atoms with Crippen molar-refractivity contribution in [2.45, 2.75) is 145 Å². The third kappa shape index (κ3) is 12.2. The van der Waals surface area contributed by atoms with Crippen LogP contribution in [0.15, 0.2) is 58.3 Å². The molecule has 67 heavy (non-hydrogen) atoms. The topological polar surface area (TPSA) is 167 Å². The van der Waals surface area contributed by atoms with E-state index in [9.17, 15) is 0 Å². The van der Waals surface area contributed by atoms with E-state index in [4.69, 9.17) is 37.7 Å². The van der Waals surface area contributed by atoms with Gasteiger partial charge in [-0.2, -0.15) is 10.2 Å². The van der Waals surface area contributed by atoms with E-state index in [2.05, 4.69) is 109 Å². The summed E-state index contributed by atoms with van der Waals surface area (Å²) in [5.41, 5.74) is 12.4. The largest absolute Gasteiger partial charge is 0.759 e. The number of nitrogens with zero attached hydrogens (tertiary/aromatic N) is 10. The second-order valence-electron chi connectivity index (χ2n) is 18.1. The van der Waals surface area contributed by atoms with Crippen LogP contribution in [0.4, 0.5) is 0 Å². The molecule has 0 N–H and O–H groups in total. The van der Waals surface area contributed by atoms with E-state index in [1.807, 2.05) is 46.5 Å². The highest BCUT2D eigenvalue weighted by atomic mass is 79.9. The molecule has 14 nitrogen and oxygen atoms in total. The first kappa shape index (κ1) is 52.7. The zero-order valence-corrected chi connectivity index (χ0v) is 44.8. The lowest BCUT2D eigenvalue weighted by Gasteiger charge is -2.37. The van der Waals surface area contributed by atoms with Gasteiger partial charge in [0.1, 0.15) is 13.1 Å². The molecule has 0 aliphatic heterocycles. The fourth-order valence-electron chi connectivity index (χ4n) is 10.6. The predicted molar refractivity (Wildman–Crippen MR) is 272 cm³/mol. The first-order valence-electron chi connectivity index (χ1n) is 24.5. The van der Waals surface area contributed by atoms with Crippen molar-refractivity contribution >= 4 is 64.3 Å². The molecule has 2 saturated carbocycles. The van der Waals surface area contributed by atoms with Gasteiger partial charge in [0, 0.05) is 113 Å². The molecule has 6 aromatic rings. The zero-order chi connectivity index (χ0) is 48.5. The van der Waals surface area contributed by atoms with Gasteiger partial charge in [-0.1, -0.05) is 25.7 Å². The molecule has 0 atom stereocenters. The van der Waals surface area contributed by atoms with Gasteiger partial charge in [-0.25, -0.2) is 19.3 Å². The highest BCUT2D eigenvalue weighted by Crippen LogP contribution is 2.44. The van der Waals surface area contributed by atoms with Crippen LogP contribution in [0.5, 0.6) is 0 Å². The van der Waals surface area contributed by atoms with Crippen LogP contribution in [0, 0.1) is 0 Å². The van der Waals surface area contributed by atoms with E-state index in [1.54, 1.807) is 0 Å². The maximum atomic E-state index is 8.52. The Morgan fingerprint density at radius 1 is 0.567 bits per heavy atom. The second-order valence-corrected chi connectivity index (χ2v) is 20.8. The Morgan fingerprint density at radius 3 is 1.18 bits per heavy atom. The van der Waals surface area contributed by atoms with E-state index < -0.39 is 10.4 Å². The van der Waals surface area contributed by atoms with Gasteiger partial charge in [0.05, 0.1) is 63.1 Å². The Labute approximate surface area is 415 Å². The first-order valence-corrected chi connectivity index (χ1v) is 27.4. The Hall–Kier alpha value is -3.71. The molecular formula is C50H70Br2N10O4S. The van der Waals surface area contributed by atoms with Crippen molar-refractivity contribution < 1.29 is 26.5 Å². The Morgan fingerprint density at radius 2 is 0.896 bits per heavy atom. The van der Waals surface area contributed by atoms with Gasteiger partial charge in [-0.3, -0.25) is 18.4 Å². The predicted octanol–water partition coefficient (Wildman–Crippen LogP) is 11.3. The minimum absolute atomic E-state index is 0.547. The van der Waals surface area contributed by atoms with Crippen molar-refractivity contribution in [2.24, 2.45) is 0 Å². The van der Waals surface area contributed by atoms with Gasteiger partial charge < -0.3 is 18.1 Å². The number of hydrogen-bond donors (Lipinski definition) is 0. The van der Waals surface area contributed by atoms with Gasteiger partial charge in [0.25, 0.3) is 0 Å². The second kappa shape index (κ2) is 23.3. The van der Waals surface area contributed by atoms with Gasteiger partial charge in [0.15, 0.2) is 11.3 Å². The molecule has 0 amide bonds. The van der Waals surface area contributed by atoms with E-state index in [1.165, 1.54) is 85.0 Å². The fraction of sp³-hybridized carbons (Fsp3) is 0.560. The summed E-state index contributed by atoms with van der Waals surface area (Å²) in [7, 11) is -5.17. The van der Waals surface area contributed by atoms with E-state index in [0.29, 0.717) is 11.8 Å². The number of hydrogen-bond acceptors (Lipinski definition) is 10. The van der Waals surface area contributed by atoms with Gasteiger partial charge in [-0.05, 0) is 125 Å². The number of fused-ring (bicyclic) bond motifs is 2. The molecule has 364 valence electrons. The number of pyridine rings is 4. The van der Waals surface area contributed by atoms with Crippen LogP contribution < -0.4 is 0 Å². The standard InChI is InChI=1S/2C25H35BrN5.H2O4S/c2*1-5-30-25-21(16-28-30)23(19-13-20(26)15-27-14-19)22(17-31(6-2,7-3)8-4)24(29-25)18-11-9-10-12-18;1-5(2,3)4/h2*13-16,18H,5-12,17H2,1-4H3;(H2,1,2,3,4)/q2*+1;/p-2. The Bertz CT molecular complexity index is 2510. The normalized spacial score (nSPS) is 15.0. The van der Waals surface area contributed by atoms with Gasteiger partial charge in [0.2, 0.25) is 0 Å². The van der Waals surface area contributed by atoms with Crippen molar-refractivity contribution in [1.29, 1.82) is 0 Å². The zero-order valence-electron chi connectivity index (χ0n) is 40.8. The summed E-state index contributed by atoms with van der Waals surface area (Å²) >= 11 is 7.30. The molecule has 2 aliphatic carbocycles. The van der Waals surface area contributed by atoms with Crippen LogP contribution in [0.1, 0.15) is 141 Å². The van der Waals surface area contributed by atoms with E-state index in [0.717, 1.165) is 117 Å². The lowest BCUT2D eigenvalue weighted by atomic mass is 9.90. The van der Waals surface area contributed by atoms with Crippen molar-refractivity contribution in [1.82, 2.24) is 39.5 Å². The summed E-state index contributed by atoms with van der Waals surface area (Å²) in [5.74, 6) is 1.09. The number of quaternary nitrogens is 2. The van der Waals surface area contributed by atoms with E-state index in [-0.39, 0.29) is 0 Å². The van der Waals surface area contributed by atoms with Crippen LogP contribution in [0.25, 0.3) is 44.3 Å². The van der Waals surface area contributed by atoms with Crippen molar-refractivity contribution in [3.05, 3.63) is 80.8 Å². The molecule has 0 bridgehead atoms. The van der Waals surface area contributed by atoms with Crippen LogP contribution in [0.2, 0.25) is 0 Å². The number of aromatic nitrogens is 8. The quantitative estimate of drug-likeness (QED) is 0.0517. The molecule has 6 heterocycles.